The van der Waals surface area contributed by atoms with Gasteiger partial charge < -0.3 is 26.2 Å². The van der Waals surface area contributed by atoms with Gasteiger partial charge in [-0.15, -0.1) is 0 Å². The van der Waals surface area contributed by atoms with Gasteiger partial charge in [0, 0.05) is 23.2 Å². The summed E-state index contributed by atoms with van der Waals surface area (Å²) in [6, 6.07) is 13.4. The van der Waals surface area contributed by atoms with Crippen LogP contribution >= 0.6 is 15.9 Å². The largest absolute Gasteiger partial charge is 0.369 e. The third kappa shape index (κ3) is 4.72. The summed E-state index contributed by atoms with van der Waals surface area (Å²) in [4.78, 5) is 15.0. The highest BCUT2D eigenvalue weighted by molar-refractivity contribution is 9.10. The molecule has 8 heteroatoms. The van der Waals surface area contributed by atoms with E-state index in [1.54, 1.807) is 0 Å². The first-order valence-corrected chi connectivity index (χ1v) is 10.6. The maximum absolute atomic E-state index is 12.7. The number of hydrogen-bond donors (Lipinski definition) is 5. The van der Waals surface area contributed by atoms with E-state index in [-0.39, 0.29) is 11.8 Å². The first-order chi connectivity index (χ1) is 14.0. The lowest BCUT2D eigenvalue weighted by atomic mass is 9.96. The average molecular weight is 461 g/mol. The smallest absolute Gasteiger partial charge is 0.228 e. The number of aliphatic hydroxyl groups excluding tert-OH is 2. The van der Waals surface area contributed by atoms with Gasteiger partial charge in [-0.05, 0) is 49.2 Å². The molecule has 2 aliphatic heterocycles. The third-order valence-corrected chi connectivity index (χ3v) is 5.85. The number of hydrogen-bond acceptors (Lipinski definition) is 6. The van der Waals surface area contributed by atoms with Crippen LogP contribution in [-0.4, -0.2) is 46.6 Å². The fourth-order valence-corrected chi connectivity index (χ4v) is 4.46. The maximum atomic E-state index is 12.7. The van der Waals surface area contributed by atoms with Crippen molar-refractivity contribution in [3.05, 3.63) is 52.5 Å². The molecule has 1 amide bonds. The van der Waals surface area contributed by atoms with Crippen molar-refractivity contribution in [1.82, 2.24) is 4.90 Å². The van der Waals surface area contributed by atoms with Gasteiger partial charge in [-0.1, -0.05) is 34.1 Å². The average Bonchev–Trinajstić information content (AvgIpc) is 2.70. The molecule has 0 radical (unpaired) electrons. The Kier molecular flexibility index (Phi) is 6.05. The summed E-state index contributed by atoms with van der Waals surface area (Å²) in [5.41, 5.74) is 3.33. The monoisotopic (exact) mass is 460 g/mol. The zero-order chi connectivity index (χ0) is 20.4. The Labute approximate surface area is 178 Å². The van der Waals surface area contributed by atoms with E-state index in [0.29, 0.717) is 13.1 Å². The molecule has 0 aromatic heterocycles. The number of para-hydroxylation sites is 1. The van der Waals surface area contributed by atoms with Crippen LogP contribution in [-0.2, 0) is 11.3 Å². The van der Waals surface area contributed by atoms with Gasteiger partial charge in [0.05, 0.1) is 17.3 Å². The van der Waals surface area contributed by atoms with Crippen LogP contribution < -0.4 is 16.0 Å². The summed E-state index contributed by atoms with van der Waals surface area (Å²) in [6.45, 7) is 2.24. The number of anilines is 3. The Hall–Kier alpha value is -2.13. The first kappa shape index (κ1) is 20.2. The van der Waals surface area contributed by atoms with E-state index in [4.69, 9.17) is 0 Å². The van der Waals surface area contributed by atoms with Crippen LogP contribution in [0.2, 0.25) is 0 Å². The van der Waals surface area contributed by atoms with Gasteiger partial charge in [0.25, 0.3) is 0 Å². The number of piperidine rings is 1. The standard InChI is InChI=1S/C21H25BrN4O3/c22-15-9-14(18-17(10-15)24-20(28)21(29)25-18)12-26-8-4-5-13(11-26)19(27)23-16-6-2-1-3-7-16/h1-3,6-7,9-10,13,20-21,24-25,28-29H,4-5,8,11-12H2,(H,23,27). The molecule has 2 aliphatic rings. The minimum absolute atomic E-state index is 0.0514. The van der Waals surface area contributed by atoms with E-state index < -0.39 is 12.5 Å². The highest BCUT2D eigenvalue weighted by atomic mass is 79.9. The lowest BCUT2D eigenvalue weighted by Gasteiger charge is -2.35. The van der Waals surface area contributed by atoms with Gasteiger partial charge in [0.2, 0.25) is 5.91 Å². The number of amides is 1. The normalized spacial score (nSPS) is 24.2. The highest BCUT2D eigenvalue weighted by Gasteiger charge is 2.29. The van der Waals surface area contributed by atoms with Crippen molar-refractivity contribution >= 4 is 38.9 Å². The van der Waals surface area contributed by atoms with Gasteiger partial charge in [-0.3, -0.25) is 9.69 Å². The second-order valence-electron chi connectivity index (χ2n) is 7.60. The molecule has 3 atom stereocenters. The van der Waals surface area contributed by atoms with Gasteiger partial charge in [0.15, 0.2) is 12.5 Å². The second-order valence-corrected chi connectivity index (χ2v) is 8.51. The number of fused-ring (bicyclic) bond motifs is 1. The number of halogens is 1. The Balaban J connectivity index is 1.45. The lowest BCUT2D eigenvalue weighted by Crippen LogP contribution is -2.44. The minimum atomic E-state index is -1.08. The van der Waals surface area contributed by atoms with Crippen molar-refractivity contribution in [2.24, 2.45) is 5.92 Å². The fourth-order valence-electron chi connectivity index (χ4n) is 3.96. The number of benzene rings is 2. The summed E-state index contributed by atoms with van der Waals surface area (Å²) in [5.74, 6) is -0.0130. The number of rotatable bonds is 4. The molecule has 4 rings (SSSR count). The summed E-state index contributed by atoms with van der Waals surface area (Å²) in [7, 11) is 0. The fraction of sp³-hybridized carbons (Fsp3) is 0.381. The molecule has 2 aromatic rings. The van der Waals surface area contributed by atoms with E-state index in [1.807, 2.05) is 42.5 Å². The molecular weight excluding hydrogens is 436 g/mol. The SMILES string of the molecule is O=C(Nc1ccccc1)C1CCCN(Cc2cc(Br)cc3c2NC(O)C(O)N3)C1. The molecule has 0 saturated carbocycles. The molecule has 1 fully saturated rings. The van der Waals surface area contributed by atoms with Crippen LogP contribution in [0.3, 0.4) is 0 Å². The molecule has 5 N–H and O–H groups in total. The molecule has 29 heavy (non-hydrogen) atoms. The van der Waals surface area contributed by atoms with Crippen LogP contribution in [0.5, 0.6) is 0 Å². The van der Waals surface area contributed by atoms with E-state index in [0.717, 1.165) is 46.5 Å². The minimum Gasteiger partial charge on any atom is -0.369 e. The number of likely N-dealkylation sites (tertiary alicyclic amines) is 1. The van der Waals surface area contributed by atoms with E-state index in [1.165, 1.54) is 0 Å². The zero-order valence-corrected chi connectivity index (χ0v) is 17.5. The Morgan fingerprint density at radius 2 is 1.93 bits per heavy atom. The number of aliphatic hydroxyl groups is 2. The van der Waals surface area contributed by atoms with Crippen molar-refractivity contribution in [3.63, 3.8) is 0 Å². The van der Waals surface area contributed by atoms with Crippen LogP contribution in [0.25, 0.3) is 0 Å². The number of carbonyl (C=O) groups is 1. The molecule has 154 valence electrons. The number of nitrogens with one attached hydrogen (secondary N) is 3. The van der Waals surface area contributed by atoms with Crippen LogP contribution in [0, 0.1) is 5.92 Å². The molecule has 7 nitrogen and oxygen atoms in total. The molecule has 0 spiro atoms. The van der Waals surface area contributed by atoms with Crippen LogP contribution in [0.15, 0.2) is 46.9 Å². The van der Waals surface area contributed by atoms with Crippen molar-refractivity contribution in [3.8, 4) is 0 Å². The topological polar surface area (TPSA) is 96.9 Å². The van der Waals surface area contributed by atoms with Crippen LogP contribution in [0.4, 0.5) is 17.1 Å². The van der Waals surface area contributed by atoms with Crippen molar-refractivity contribution in [2.75, 3.05) is 29.0 Å². The van der Waals surface area contributed by atoms with Gasteiger partial charge >= 0.3 is 0 Å². The molecule has 0 aliphatic carbocycles. The van der Waals surface area contributed by atoms with E-state index in [9.17, 15) is 15.0 Å². The summed E-state index contributed by atoms with van der Waals surface area (Å²) >= 11 is 3.52. The third-order valence-electron chi connectivity index (χ3n) is 5.39. The van der Waals surface area contributed by atoms with E-state index >= 15 is 0 Å². The summed E-state index contributed by atoms with van der Waals surface area (Å²) in [5, 5.41) is 28.7. The number of nitrogens with zero attached hydrogens (tertiary/aromatic N) is 1. The molecule has 1 saturated heterocycles. The summed E-state index contributed by atoms with van der Waals surface area (Å²) in [6.07, 6.45) is -0.314. The Morgan fingerprint density at radius 3 is 2.72 bits per heavy atom. The molecule has 0 bridgehead atoms. The number of carbonyl (C=O) groups excluding carboxylic acids is 1. The molecular formula is C21H25BrN4O3. The lowest BCUT2D eigenvalue weighted by molar-refractivity contribution is -0.121. The Morgan fingerprint density at radius 1 is 1.17 bits per heavy atom. The first-order valence-electron chi connectivity index (χ1n) is 9.79. The predicted octanol–water partition coefficient (Wildman–Crippen LogP) is 2.77. The molecule has 2 aromatic carbocycles. The predicted molar refractivity (Wildman–Crippen MR) is 116 cm³/mol. The quantitative estimate of drug-likeness (QED) is 0.481. The van der Waals surface area contributed by atoms with Crippen molar-refractivity contribution in [2.45, 2.75) is 31.8 Å². The van der Waals surface area contributed by atoms with Gasteiger partial charge in [-0.2, -0.15) is 0 Å². The highest BCUT2D eigenvalue weighted by Crippen LogP contribution is 2.36. The summed E-state index contributed by atoms with van der Waals surface area (Å²) < 4.78 is 0.888. The second kappa shape index (κ2) is 8.71. The van der Waals surface area contributed by atoms with Crippen molar-refractivity contribution < 1.29 is 15.0 Å². The molecule has 3 unspecified atom stereocenters. The van der Waals surface area contributed by atoms with Crippen molar-refractivity contribution in [1.29, 1.82) is 0 Å². The Bertz CT molecular complexity index is 880. The van der Waals surface area contributed by atoms with Gasteiger partial charge in [0.1, 0.15) is 0 Å². The molecule has 2 heterocycles. The van der Waals surface area contributed by atoms with Gasteiger partial charge in [-0.25, -0.2) is 0 Å². The van der Waals surface area contributed by atoms with E-state index in [2.05, 4.69) is 36.8 Å². The van der Waals surface area contributed by atoms with Crippen LogP contribution in [0.1, 0.15) is 18.4 Å². The zero-order valence-electron chi connectivity index (χ0n) is 15.9. The maximum Gasteiger partial charge on any atom is 0.228 e.